The smallest absolute Gasteiger partial charge is 0.151 e. The summed E-state index contributed by atoms with van der Waals surface area (Å²) in [6.45, 7) is 6.83. The zero-order valence-electron chi connectivity index (χ0n) is 12.0. The lowest BCUT2D eigenvalue weighted by Gasteiger charge is -2.34. The Morgan fingerprint density at radius 3 is 1.59 bits per heavy atom. The van der Waals surface area contributed by atoms with Crippen molar-refractivity contribution in [1.82, 2.24) is 0 Å². The third-order valence-electron chi connectivity index (χ3n) is 3.76. The summed E-state index contributed by atoms with van der Waals surface area (Å²) < 4.78 is 0. The largest absolute Gasteiger partial charge is 0.368 e. The van der Waals surface area contributed by atoms with Crippen LogP contribution in [0.4, 0.5) is 0 Å². The summed E-state index contributed by atoms with van der Waals surface area (Å²) in [5, 5.41) is 17.7. The van der Waals surface area contributed by atoms with Crippen molar-refractivity contribution in [3.63, 3.8) is 0 Å². The summed E-state index contributed by atoms with van der Waals surface area (Å²) in [5.74, 6) is 0. The van der Waals surface area contributed by atoms with Crippen molar-refractivity contribution in [3.8, 4) is 0 Å². The van der Waals surface area contributed by atoms with Gasteiger partial charge in [0.2, 0.25) is 0 Å². The predicted octanol–water partition coefficient (Wildman–Crippen LogP) is 4.24. The van der Waals surface area contributed by atoms with Gasteiger partial charge in [-0.3, -0.25) is 0 Å². The molecule has 0 saturated carbocycles. The molecule has 0 aromatic carbocycles. The second-order valence-corrected chi connectivity index (χ2v) is 5.48. The van der Waals surface area contributed by atoms with Gasteiger partial charge in [0.05, 0.1) is 0 Å². The van der Waals surface area contributed by atoms with Crippen LogP contribution in [-0.4, -0.2) is 16.5 Å². The number of aliphatic hydroxyl groups excluding tert-OH is 1. The predicted molar refractivity (Wildman–Crippen MR) is 73.9 cm³/mol. The maximum absolute atomic E-state index is 8.85. The molecule has 0 radical (unpaired) electrons. The molecular formula is C15H32O2. The second-order valence-electron chi connectivity index (χ2n) is 5.48. The first-order chi connectivity index (χ1) is 8.10. The van der Waals surface area contributed by atoms with Crippen LogP contribution in [0.3, 0.4) is 0 Å². The molecule has 0 aliphatic carbocycles. The molecule has 0 aromatic rings. The summed E-state index contributed by atoms with van der Waals surface area (Å²) in [6.07, 6.45) is 10.5. The van der Waals surface area contributed by atoms with Crippen molar-refractivity contribution in [3.05, 3.63) is 0 Å². The fourth-order valence-corrected chi connectivity index (χ4v) is 3.17. The minimum absolute atomic E-state index is 0.526. The Morgan fingerprint density at radius 2 is 1.24 bits per heavy atom. The molecule has 0 spiro atoms. The van der Waals surface area contributed by atoms with Crippen LogP contribution in [0.25, 0.3) is 0 Å². The third kappa shape index (κ3) is 7.77. The normalized spacial score (nSPS) is 12.4. The lowest BCUT2D eigenvalue weighted by Crippen LogP contribution is -2.20. The van der Waals surface area contributed by atoms with Crippen LogP contribution in [0, 0.1) is 5.41 Å². The van der Waals surface area contributed by atoms with E-state index in [0.717, 1.165) is 12.8 Å². The van der Waals surface area contributed by atoms with E-state index in [2.05, 4.69) is 20.8 Å². The number of hydrogen-bond donors (Lipinski definition) is 2. The van der Waals surface area contributed by atoms with Crippen molar-refractivity contribution in [2.24, 2.45) is 5.41 Å². The van der Waals surface area contributed by atoms with Gasteiger partial charge in [-0.2, -0.15) is 0 Å². The van der Waals surface area contributed by atoms with Crippen molar-refractivity contribution in [1.29, 1.82) is 0 Å². The van der Waals surface area contributed by atoms with Crippen LogP contribution in [0.5, 0.6) is 0 Å². The molecule has 2 N–H and O–H groups in total. The quantitative estimate of drug-likeness (QED) is 0.421. The molecule has 0 bridgehead atoms. The zero-order valence-corrected chi connectivity index (χ0v) is 12.0. The van der Waals surface area contributed by atoms with Crippen molar-refractivity contribution in [2.45, 2.75) is 91.3 Å². The molecule has 2 heteroatoms. The molecule has 2 nitrogen and oxygen atoms in total. The summed E-state index contributed by atoms with van der Waals surface area (Å²) in [5.41, 5.74) is 0.526. The van der Waals surface area contributed by atoms with Gasteiger partial charge >= 0.3 is 0 Å². The molecular weight excluding hydrogens is 212 g/mol. The Labute approximate surface area is 107 Å². The van der Waals surface area contributed by atoms with Crippen LogP contribution in [0.2, 0.25) is 0 Å². The minimum Gasteiger partial charge on any atom is -0.368 e. The molecule has 0 amide bonds. The Balaban J connectivity index is 4.14. The third-order valence-corrected chi connectivity index (χ3v) is 3.76. The molecule has 0 aliphatic rings. The summed E-state index contributed by atoms with van der Waals surface area (Å²) >= 11 is 0. The highest BCUT2D eigenvalue weighted by Gasteiger charge is 2.26. The number of hydrogen-bond acceptors (Lipinski definition) is 2. The topological polar surface area (TPSA) is 40.5 Å². The molecule has 0 heterocycles. The van der Waals surface area contributed by atoms with Crippen molar-refractivity contribution < 1.29 is 10.2 Å². The summed E-state index contributed by atoms with van der Waals surface area (Å²) in [7, 11) is 0. The van der Waals surface area contributed by atoms with E-state index in [1.165, 1.54) is 44.9 Å². The minimum atomic E-state index is -1.12. The zero-order chi connectivity index (χ0) is 13.1. The molecule has 0 aliphatic heterocycles. The van der Waals surface area contributed by atoms with Crippen molar-refractivity contribution in [2.75, 3.05) is 0 Å². The molecule has 0 atom stereocenters. The Bertz CT molecular complexity index is 149. The van der Waals surface area contributed by atoms with Crippen LogP contribution >= 0.6 is 0 Å². The van der Waals surface area contributed by atoms with E-state index in [1.807, 2.05) is 0 Å². The summed E-state index contributed by atoms with van der Waals surface area (Å²) in [6, 6.07) is 0. The lowest BCUT2D eigenvalue weighted by atomic mass is 9.72. The van der Waals surface area contributed by atoms with Gasteiger partial charge in [0.15, 0.2) is 6.29 Å². The SMILES string of the molecule is CCCC(CCC)(CCC)CCCCC(O)O. The fourth-order valence-electron chi connectivity index (χ4n) is 3.17. The van der Waals surface area contributed by atoms with E-state index in [4.69, 9.17) is 10.2 Å². The van der Waals surface area contributed by atoms with Gasteiger partial charge in [-0.15, -0.1) is 0 Å². The van der Waals surface area contributed by atoms with E-state index in [9.17, 15) is 0 Å². The molecule has 0 saturated heterocycles. The average Bonchev–Trinajstić information content (AvgIpc) is 2.25. The highest BCUT2D eigenvalue weighted by atomic mass is 16.5. The standard InChI is InChI=1S/C15H32O2/c1-4-10-15(11-5-2,12-6-3)13-8-7-9-14(16)17/h14,16-17H,4-13H2,1-3H3. The first-order valence-electron chi connectivity index (χ1n) is 7.46. The van der Waals surface area contributed by atoms with E-state index < -0.39 is 6.29 Å². The van der Waals surface area contributed by atoms with Crippen molar-refractivity contribution >= 4 is 0 Å². The van der Waals surface area contributed by atoms with E-state index in [-0.39, 0.29) is 0 Å². The van der Waals surface area contributed by atoms with Gasteiger partial charge in [-0.05, 0) is 43.9 Å². The first kappa shape index (κ1) is 16.9. The van der Waals surface area contributed by atoms with Gasteiger partial charge < -0.3 is 10.2 Å². The van der Waals surface area contributed by atoms with Crippen LogP contribution in [-0.2, 0) is 0 Å². The Hall–Kier alpha value is -0.0800. The highest BCUT2D eigenvalue weighted by Crippen LogP contribution is 2.40. The van der Waals surface area contributed by atoms with Gasteiger partial charge in [0.25, 0.3) is 0 Å². The molecule has 104 valence electrons. The summed E-state index contributed by atoms with van der Waals surface area (Å²) in [4.78, 5) is 0. The molecule has 17 heavy (non-hydrogen) atoms. The highest BCUT2D eigenvalue weighted by molar-refractivity contribution is 4.78. The number of aliphatic hydroxyl groups is 2. The van der Waals surface area contributed by atoms with Gasteiger partial charge in [0.1, 0.15) is 0 Å². The van der Waals surface area contributed by atoms with Gasteiger partial charge in [-0.1, -0.05) is 46.5 Å². The fraction of sp³-hybridized carbons (Fsp3) is 1.00. The number of rotatable bonds is 11. The number of unbranched alkanes of at least 4 members (excludes halogenated alkanes) is 1. The Kier molecular flexibility index (Phi) is 9.85. The molecule has 0 unspecified atom stereocenters. The maximum Gasteiger partial charge on any atom is 0.151 e. The molecule has 0 aromatic heterocycles. The van der Waals surface area contributed by atoms with Gasteiger partial charge in [0, 0.05) is 0 Å². The van der Waals surface area contributed by atoms with Crippen LogP contribution < -0.4 is 0 Å². The molecule has 0 rings (SSSR count). The lowest BCUT2D eigenvalue weighted by molar-refractivity contribution is -0.0471. The monoisotopic (exact) mass is 244 g/mol. The first-order valence-corrected chi connectivity index (χ1v) is 7.46. The maximum atomic E-state index is 8.85. The average molecular weight is 244 g/mol. The van der Waals surface area contributed by atoms with Crippen LogP contribution in [0.15, 0.2) is 0 Å². The van der Waals surface area contributed by atoms with Crippen LogP contribution in [0.1, 0.15) is 85.0 Å². The van der Waals surface area contributed by atoms with E-state index in [1.54, 1.807) is 0 Å². The second kappa shape index (κ2) is 9.90. The molecule has 0 fully saturated rings. The Morgan fingerprint density at radius 1 is 0.765 bits per heavy atom. The van der Waals surface area contributed by atoms with E-state index >= 15 is 0 Å². The van der Waals surface area contributed by atoms with E-state index in [0.29, 0.717) is 11.8 Å². The van der Waals surface area contributed by atoms with Gasteiger partial charge in [-0.25, -0.2) is 0 Å².